The van der Waals surface area contributed by atoms with Gasteiger partial charge in [-0.2, -0.15) is 0 Å². The van der Waals surface area contributed by atoms with E-state index >= 15 is 0 Å². The summed E-state index contributed by atoms with van der Waals surface area (Å²) in [7, 11) is 4.36. The first-order valence-corrected chi connectivity index (χ1v) is 6.75. The lowest BCUT2D eigenvalue weighted by atomic mass is 10.1. The lowest BCUT2D eigenvalue weighted by molar-refractivity contribution is 0.226. The van der Waals surface area contributed by atoms with E-state index in [2.05, 4.69) is 49.9 Å². The van der Waals surface area contributed by atoms with Crippen molar-refractivity contribution >= 4 is 5.69 Å². The molecule has 18 heavy (non-hydrogen) atoms. The van der Waals surface area contributed by atoms with Crippen molar-refractivity contribution < 1.29 is 0 Å². The molecule has 1 aliphatic rings. The summed E-state index contributed by atoms with van der Waals surface area (Å²) < 4.78 is 0. The number of likely N-dealkylation sites (tertiary alicyclic amines) is 1. The van der Waals surface area contributed by atoms with Gasteiger partial charge in [0.15, 0.2) is 0 Å². The van der Waals surface area contributed by atoms with Crippen LogP contribution in [0.3, 0.4) is 0 Å². The third-order valence-electron chi connectivity index (χ3n) is 4.23. The van der Waals surface area contributed by atoms with Gasteiger partial charge in [0.2, 0.25) is 0 Å². The monoisotopic (exact) mass is 247 g/mol. The topological polar surface area (TPSA) is 32.5 Å². The van der Waals surface area contributed by atoms with E-state index in [4.69, 9.17) is 5.73 Å². The summed E-state index contributed by atoms with van der Waals surface area (Å²) in [6, 6.07) is 9.42. The summed E-state index contributed by atoms with van der Waals surface area (Å²) in [4.78, 5) is 4.92. The smallest absolute Gasteiger partial charge is 0.0320 e. The van der Waals surface area contributed by atoms with Gasteiger partial charge in [0.1, 0.15) is 0 Å². The van der Waals surface area contributed by atoms with E-state index in [1.165, 1.54) is 12.1 Å². The van der Waals surface area contributed by atoms with Gasteiger partial charge < -0.3 is 10.6 Å². The van der Waals surface area contributed by atoms with E-state index in [-0.39, 0.29) is 0 Å². The molecule has 0 aromatic heterocycles. The molecule has 0 amide bonds. The molecule has 1 heterocycles. The molecule has 1 aromatic rings. The van der Waals surface area contributed by atoms with Crippen LogP contribution in [0.25, 0.3) is 0 Å². The normalized spacial score (nSPS) is 26.7. The van der Waals surface area contributed by atoms with Crippen LogP contribution in [0.4, 0.5) is 5.69 Å². The molecule has 1 aromatic carbocycles. The van der Waals surface area contributed by atoms with Gasteiger partial charge in [-0.1, -0.05) is 19.1 Å². The number of likely N-dealkylation sites (N-methyl/N-ethyl adjacent to an activating group) is 1. The Morgan fingerprint density at radius 2 is 1.83 bits per heavy atom. The van der Waals surface area contributed by atoms with Gasteiger partial charge in [-0.3, -0.25) is 4.90 Å². The fourth-order valence-corrected chi connectivity index (χ4v) is 2.96. The van der Waals surface area contributed by atoms with Crippen molar-refractivity contribution in [3.8, 4) is 0 Å². The minimum absolute atomic E-state index is 0.470. The number of anilines is 1. The molecule has 1 saturated heterocycles. The maximum Gasteiger partial charge on any atom is 0.0320 e. The number of benzene rings is 1. The van der Waals surface area contributed by atoms with E-state index in [1.807, 2.05) is 12.1 Å². The third kappa shape index (κ3) is 2.68. The fraction of sp³-hybridized carbons (Fsp3) is 0.600. The highest BCUT2D eigenvalue weighted by Crippen LogP contribution is 2.29. The first-order valence-electron chi connectivity index (χ1n) is 6.75. The second kappa shape index (κ2) is 5.29. The van der Waals surface area contributed by atoms with Crippen molar-refractivity contribution in [2.45, 2.75) is 25.9 Å². The maximum atomic E-state index is 5.74. The molecule has 0 spiro atoms. The molecule has 0 bridgehead atoms. The molecule has 3 atom stereocenters. The molecule has 3 heteroatoms. The van der Waals surface area contributed by atoms with Crippen LogP contribution in [0, 0.1) is 5.92 Å². The maximum absolute atomic E-state index is 5.74. The van der Waals surface area contributed by atoms with Crippen LogP contribution in [0.5, 0.6) is 0 Å². The van der Waals surface area contributed by atoms with Gasteiger partial charge >= 0.3 is 0 Å². The summed E-state index contributed by atoms with van der Waals surface area (Å²) in [5, 5.41) is 0. The molecular weight excluding hydrogens is 222 g/mol. The van der Waals surface area contributed by atoms with Crippen molar-refractivity contribution in [3.63, 3.8) is 0 Å². The summed E-state index contributed by atoms with van der Waals surface area (Å²) in [6.07, 6.45) is 0. The van der Waals surface area contributed by atoms with Gasteiger partial charge in [0, 0.05) is 30.9 Å². The second-order valence-electron chi connectivity index (χ2n) is 5.80. The number of nitrogens with two attached hydrogens (primary N) is 1. The molecule has 3 nitrogen and oxygen atoms in total. The Morgan fingerprint density at radius 3 is 2.33 bits per heavy atom. The van der Waals surface area contributed by atoms with Crippen LogP contribution >= 0.6 is 0 Å². The van der Waals surface area contributed by atoms with E-state index in [9.17, 15) is 0 Å². The van der Waals surface area contributed by atoms with Crippen molar-refractivity contribution in [1.82, 2.24) is 9.80 Å². The summed E-state index contributed by atoms with van der Waals surface area (Å²) in [5.74, 6) is 0.733. The number of hydrogen-bond donors (Lipinski definition) is 1. The van der Waals surface area contributed by atoms with E-state index in [0.717, 1.165) is 18.2 Å². The van der Waals surface area contributed by atoms with E-state index < -0.39 is 0 Å². The lowest BCUT2D eigenvalue weighted by Gasteiger charge is -2.26. The van der Waals surface area contributed by atoms with Gasteiger partial charge in [-0.15, -0.1) is 0 Å². The summed E-state index contributed by atoms with van der Waals surface area (Å²) in [6.45, 7) is 6.96. The summed E-state index contributed by atoms with van der Waals surface area (Å²) >= 11 is 0. The first-order chi connectivity index (χ1) is 8.49. The Balaban J connectivity index is 2.07. The highest BCUT2D eigenvalue weighted by atomic mass is 15.3. The van der Waals surface area contributed by atoms with Crippen molar-refractivity contribution in [2.24, 2.45) is 5.92 Å². The van der Waals surface area contributed by atoms with Crippen LogP contribution in [-0.2, 0) is 0 Å². The standard InChI is InChI=1S/C15H25N3/c1-11-9-18(10-15(11)17(3)4)12(2)13-5-7-14(16)8-6-13/h5-8,11-12,15H,9-10,16H2,1-4H3. The van der Waals surface area contributed by atoms with Crippen LogP contribution < -0.4 is 5.73 Å². The van der Waals surface area contributed by atoms with Gasteiger partial charge in [0.05, 0.1) is 0 Å². The Kier molecular flexibility index (Phi) is 3.93. The number of nitrogens with zero attached hydrogens (tertiary/aromatic N) is 2. The zero-order valence-corrected chi connectivity index (χ0v) is 11.9. The average molecular weight is 247 g/mol. The van der Waals surface area contributed by atoms with Gasteiger partial charge in [-0.05, 0) is 44.6 Å². The molecule has 3 unspecified atom stereocenters. The average Bonchev–Trinajstić information content (AvgIpc) is 2.71. The summed E-state index contributed by atoms with van der Waals surface area (Å²) in [5.41, 5.74) is 7.94. The first kappa shape index (κ1) is 13.4. The zero-order valence-electron chi connectivity index (χ0n) is 11.9. The fourth-order valence-electron chi connectivity index (χ4n) is 2.96. The largest absolute Gasteiger partial charge is 0.399 e. The third-order valence-corrected chi connectivity index (χ3v) is 4.23. The highest BCUT2D eigenvalue weighted by Gasteiger charge is 2.33. The molecule has 2 N–H and O–H groups in total. The van der Waals surface area contributed by atoms with Crippen molar-refractivity contribution in [3.05, 3.63) is 29.8 Å². The Morgan fingerprint density at radius 1 is 1.22 bits per heavy atom. The highest BCUT2D eigenvalue weighted by molar-refractivity contribution is 5.40. The molecule has 0 radical (unpaired) electrons. The molecular formula is C15H25N3. The second-order valence-corrected chi connectivity index (χ2v) is 5.80. The predicted octanol–water partition coefficient (Wildman–Crippen LogP) is 2.21. The van der Waals surface area contributed by atoms with Crippen molar-refractivity contribution in [1.29, 1.82) is 0 Å². The zero-order chi connectivity index (χ0) is 13.3. The SMILES string of the molecule is CC1CN(C(C)c2ccc(N)cc2)CC1N(C)C. The lowest BCUT2D eigenvalue weighted by Crippen LogP contribution is -2.34. The van der Waals surface area contributed by atoms with Crippen LogP contribution in [0.15, 0.2) is 24.3 Å². The van der Waals surface area contributed by atoms with Crippen LogP contribution in [0.2, 0.25) is 0 Å². The number of hydrogen-bond acceptors (Lipinski definition) is 3. The molecule has 100 valence electrons. The Labute approximate surface area is 111 Å². The molecule has 1 aliphatic heterocycles. The van der Waals surface area contributed by atoms with Crippen LogP contribution in [0.1, 0.15) is 25.5 Å². The van der Waals surface area contributed by atoms with Gasteiger partial charge in [0.25, 0.3) is 0 Å². The quantitative estimate of drug-likeness (QED) is 0.831. The predicted molar refractivity (Wildman–Crippen MR) is 77.5 cm³/mol. The van der Waals surface area contributed by atoms with E-state index in [0.29, 0.717) is 12.1 Å². The molecule has 2 rings (SSSR count). The number of nitrogen functional groups attached to an aromatic ring is 1. The molecule has 0 saturated carbocycles. The van der Waals surface area contributed by atoms with Gasteiger partial charge in [-0.25, -0.2) is 0 Å². The van der Waals surface area contributed by atoms with E-state index in [1.54, 1.807) is 0 Å². The van der Waals surface area contributed by atoms with Crippen LogP contribution in [-0.4, -0.2) is 43.0 Å². The number of rotatable bonds is 3. The Bertz CT molecular complexity index is 385. The Hall–Kier alpha value is -1.06. The minimum Gasteiger partial charge on any atom is -0.399 e. The minimum atomic E-state index is 0.470. The van der Waals surface area contributed by atoms with Crippen molar-refractivity contribution in [2.75, 3.05) is 32.9 Å². The molecule has 0 aliphatic carbocycles. The molecule has 1 fully saturated rings.